The number of hydrogen-bond donors (Lipinski definition) is 3. The summed E-state index contributed by atoms with van der Waals surface area (Å²) in [5.41, 5.74) is 0.593. The monoisotopic (exact) mass is 374 g/mol. The van der Waals surface area contributed by atoms with Gasteiger partial charge in [-0.15, -0.1) is 0 Å². The maximum Gasteiger partial charge on any atom is 0.261 e. The molecule has 3 N–H and O–H groups in total. The Balaban J connectivity index is 2.27. The molecule has 0 radical (unpaired) electrons. The third kappa shape index (κ3) is 4.28. The fraction of sp³-hybridized carbons (Fsp3) is 0.0714. The Bertz CT molecular complexity index is 829. The summed E-state index contributed by atoms with van der Waals surface area (Å²) in [4.78, 5) is 10.9. The highest BCUT2D eigenvalue weighted by atomic mass is 35.5. The number of amides is 1. The smallest absolute Gasteiger partial charge is 0.261 e. The van der Waals surface area contributed by atoms with Crippen molar-refractivity contribution < 1.29 is 18.3 Å². The van der Waals surface area contributed by atoms with Gasteiger partial charge in [-0.2, -0.15) is 0 Å². The topological polar surface area (TPSA) is 95.5 Å². The predicted octanol–water partition coefficient (Wildman–Crippen LogP) is 3.46. The van der Waals surface area contributed by atoms with Gasteiger partial charge in [-0.25, -0.2) is 8.42 Å². The molecule has 0 saturated carbocycles. The molecule has 0 aliphatic heterocycles. The Morgan fingerprint density at radius 1 is 1.04 bits per heavy atom. The van der Waals surface area contributed by atoms with Crippen LogP contribution in [0.3, 0.4) is 0 Å². The van der Waals surface area contributed by atoms with Gasteiger partial charge in [0.25, 0.3) is 10.0 Å². The molecule has 122 valence electrons. The van der Waals surface area contributed by atoms with Crippen LogP contribution in [0, 0.1) is 0 Å². The molecule has 0 atom stereocenters. The zero-order valence-electron chi connectivity index (χ0n) is 11.8. The summed E-state index contributed by atoms with van der Waals surface area (Å²) in [5.74, 6) is -0.581. The molecule has 1 amide bonds. The van der Waals surface area contributed by atoms with Crippen LogP contribution in [0.5, 0.6) is 5.75 Å². The molecule has 9 heteroatoms. The van der Waals surface area contributed by atoms with E-state index in [9.17, 15) is 18.3 Å². The summed E-state index contributed by atoms with van der Waals surface area (Å²) in [7, 11) is -3.87. The van der Waals surface area contributed by atoms with E-state index < -0.39 is 10.0 Å². The largest absolute Gasteiger partial charge is 0.505 e. The minimum absolute atomic E-state index is 0.00748. The molecule has 2 rings (SSSR count). The van der Waals surface area contributed by atoms with Gasteiger partial charge in [0.15, 0.2) is 5.75 Å². The molecule has 0 unspecified atom stereocenters. The van der Waals surface area contributed by atoms with Crippen molar-refractivity contribution in [2.75, 3.05) is 10.0 Å². The number of aromatic hydroxyl groups is 1. The summed E-state index contributed by atoms with van der Waals surface area (Å²) < 4.78 is 26.9. The van der Waals surface area contributed by atoms with Gasteiger partial charge < -0.3 is 10.4 Å². The van der Waals surface area contributed by atoms with E-state index >= 15 is 0 Å². The van der Waals surface area contributed by atoms with Gasteiger partial charge in [-0.3, -0.25) is 9.52 Å². The molecular formula is C14H12Cl2N2O4S. The molecule has 0 fully saturated rings. The zero-order chi connectivity index (χ0) is 17.2. The Morgan fingerprint density at radius 3 is 2.04 bits per heavy atom. The van der Waals surface area contributed by atoms with E-state index in [4.69, 9.17) is 23.2 Å². The number of sulfonamides is 1. The van der Waals surface area contributed by atoms with E-state index in [1.54, 1.807) is 0 Å². The van der Waals surface area contributed by atoms with Crippen LogP contribution in [0.1, 0.15) is 6.92 Å². The number of halogens is 2. The molecular weight excluding hydrogens is 363 g/mol. The van der Waals surface area contributed by atoms with Gasteiger partial charge >= 0.3 is 0 Å². The summed E-state index contributed by atoms with van der Waals surface area (Å²) in [6.45, 7) is 1.35. The Labute approximate surface area is 143 Å². The quantitative estimate of drug-likeness (QED) is 0.714. The molecule has 6 nitrogen and oxygen atoms in total. The standard InChI is InChI=1S/C14H12Cl2N2O4S/c1-8(19)17-9-2-4-11(5-3-9)23(21,22)18-10-6-12(15)14(20)13(16)7-10/h2-7,18,20H,1H3,(H,17,19). The molecule has 23 heavy (non-hydrogen) atoms. The summed E-state index contributed by atoms with van der Waals surface area (Å²) in [5, 5.41) is 11.9. The maximum absolute atomic E-state index is 12.3. The molecule has 0 heterocycles. The number of phenolic OH excluding ortho intramolecular Hbond substituents is 1. The number of phenols is 1. The Morgan fingerprint density at radius 2 is 1.57 bits per heavy atom. The zero-order valence-corrected chi connectivity index (χ0v) is 14.1. The lowest BCUT2D eigenvalue weighted by atomic mass is 10.3. The van der Waals surface area contributed by atoms with Gasteiger partial charge in [0, 0.05) is 12.6 Å². The number of hydrogen-bond acceptors (Lipinski definition) is 4. The lowest BCUT2D eigenvalue weighted by Crippen LogP contribution is -2.13. The molecule has 2 aromatic rings. The van der Waals surface area contributed by atoms with Crippen molar-refractivity contribution >= 4 is 50.5 Å². The first kappa shape index (κ1) is 17.4. The second-order valence-corrected chi connectivity index (χ2v) is 7.10. The van der Waals surface area contributed by atoms with Crippen LogP contribution in [-0.2, 0) is 14.8 Å². The molecule has 0 aromatic heterocycles. The van der Waals surface area contributed by atoms with E-state index in [1.165, 1.54) is 43.3 Å². The lowest BCUT2D eigenvalue weighted by molar-refractivity contribution is -0.114. The van der Waals surface area contributed by atoms with Crippen molar-refractivity contribution in [3.63, 3.8) is 0 Å². The summed E-state index contributed by atoms with van der Waals surface area (Å²) >= 11 is 11.5. The molecule has 0 aliphatic rings. The van der Waals surface area contributed by atoms with Crippen LogP contribution in [0.4, 0.5) is 11.4 Å². The van der Waals surface area contributed by atoms with E-state index in [-0.39, 0.29) is 32.3 Å². The van der Waals surface area contributed by atoms with Crippen LogP contribution in [0.25, 0.3) is 0 Å². The second kappa shape index (κ2) is 6.66. The van der Waals surface area contributed by atoms with Crippen molar-refractivity contribution in [2.45, 2.75) is 11.8 Å². The van der Waals surface area contributed by atoms with Gasteiger partial charge in [0.05, 0.1) is 20.6 Å². The van der Waals surface area contributed by atoms with E-state index in [1.807, 2.05) is 0 Å². The fourth-order valence-electron chi connectivity index (χ4n) is 1.76. The first-order chi connectivity index (χ1) is 10.7. The minimum Gasteiger partial charge on any atom is -0.505 e. The molecule has 0 bridgehead atoms. The highest BCUT2D eigenvalue weighted by Gasteiger charge is 2.16. The third-order valence-corrected chi connectivity index (χ3v) is 4.73. The average Bonchev–Trinajstić information content (AvgIpc) is 2.44. The molecule has 2 aromatic carbocycles. The van der Waals surface area contributed by atoms with Crippen LogP contribution in [0.15, 0.2) is 41.3 Å². The van der Waals surface area contributed by atoms with Crippen molar-refractivity contribution in [1.82, 2.24) is 0 Å². The van der Waals surface area contributed by atoms with Gasteiger partial charge in [0.1, 0.15) is 0 Å². The van der Waals surface area contributed by atoms with Crippen LogP contribution in [0.2, 0.25) is 10.0 Å². The lowest BCUT2D eigenvalue weighted by Gasteiger charge is -2.10. The minimum atomic E-state index is -3.87. The summed E-state index contributed by atoms with van der Waals surface area (Å²) in [6.07, 6.45) is 0. The van der Waals surface area contributed by atoms with Gasteiger partial charge in [-0.05, 0) is 36.4 Å². The SMILES string of the molecule is CC(=O)Nc1ccc(S(=O)(=O)Nc2cc(Cl)c(O)c(Cl)c2)cc1. The molecule has 0 spiro atoms. The first-order valence-electron chi connectivity index (χ1n) is 6.27. The van der Waals surface area contributed by atoms with Crippen LogP contribution in [-0.4, -0.2) is 19.4 Å². The molecule has 0 aliphatic carbocycles. The number of carbonyl (C=O) groups excluding carboxylic acids is 1. The normalized spacial score (nSPS) is 11.1. The fourth-order valence-corrected chi connectivity index (χ4v) is 3.29. The first-order valence-corrected chi connectivity index (χ1v) is 8.51. The van der Waals surface area contributed by atoms with Crippen molar-refractivity contribution in [1.29, 1.82) is 0 Å². The number of anilines is 2. The van der Waals surface area contributed by atoms with Crippen molar-refractivity contribution in [3.8, 4) is 5.75 Å². The average molecular weight is 375 g/mol. The van der Waals surface area contributed by atoms with Crippen molar-refractivity contribution in [2.24, 2.45) is 0 Å². The van der Waals surface area contributed by atoms with Crippen molar-refractivity contribution in [3.05, 3.63) is 46.4 Å². The predicted molar refractivity (Wildman–Crippen MR) is 89.7 cm³/mol. The van der Waals surface area contributed by atoms with Gasteiger partial charge in [0.2, 0.25) is 5.91 Å². The van der Waals surface area contributed by atoms with Crippen LogP contribution < -0.4 is 10.0 Å². The van der Waals surface area contributed by atoms with Gasteiger partial charge in [-0.1, -0.05) is 23.2 Å². The number of nitrogens with one attached hydrogen (secondary N) is 2. The highest BCUT2D eigenvalue weighted by Crippen LogP contribution is 2.35. The summed E-state index contributed by atoms with van der Waals surface area (Å²) in [6, 6.07) is 8.10. The third-order valence-electron chi connectivity index (χ3n) is 2.75. The highest BCUT2D eigenvalue weighted by molar-refractivity contribution is 7.92. The van der Waals surface area contributed by atoms with E-state index in [0.29, 0.717) is 5.69 Å². The number of benzene rings is 2. The molecule has 0 saturated heterocycles. The number of carbonyl (C=O) groups is 1. The second-order valence-electron chi connectivity index (χ2n) is 4.60. The van der Waals surface area contributed by atoms with E-state index in [0.717, 1.165) is 0 Å². The maximum atomic E-state index is 12.3. The Hall–Kier alpha value is -1.96. The number of rotatable bonds is 4. The van der Waals surface area contributed by atoms with E-state index in [2.05, 4.69) is 10.0 Å². The Kier molecular flexibility index (Phi) is 5.03. The van der Waals surface area contributed by atoms with Crippen LogP contribution >= 0.6 is 23.2 Å².